The summed E-state index contributed by atoms with van der Waals surface area (Å²) in [5.74, 6) is -1.88. The molecule has 21 heavy (non-hydrogen) atoms. The Kier molecular flexibility index (Phi) is 7.84. The molecule has 0 aromatic heterocycles. The Bertz CT molecular complexity index is 348. The number of carbonyl (C=O) groups is 2. The minimum atomic E-state index is -1.15. The minimum absolute atomic E-state index is 0.0989. The van der Waals surface area contributed by atoms with E-state index in [1.165, 1.54) is 0 Å². The molecule has 0 spiro atoms. The molecule has 0 aliphatic rings. The Morgan fingerprint density at radius 2 is 1.71 bits per heavy atom. The van der Waals surface area contributed by atoms with E-state index in [9.17, 15) is 14.7 Å². The lowest BCUT2D eigenvalue weighted by atomic mass is 10.0. The van der Waals surface area contributed by atoms with E-state index in [-0.39, 0.29) is 6.61 Å². The molecular formula is C14H27NO6. The molecule has 7 nitrogen and oxygen atoms in total. The lowest BCUT2D eigenvalue weighted by Gasteiger charge is -2.27. The van der Waals surface area contributed by atoms with E-state index in [4.69, 9.17) is 20.3 Å². The van der Waals surface area contributed by atoms with Gasteiger partial charge in [-0.3, -0.25) is 9.59 Å². The van der Waals surface area contributed by atoms with Gasteiger partial charge in [-0.25, -0.2) is 0 Å². The van der Waals surface area contributed by atoms with E-state index in [1.54, 1.807) is 13.8 Å². The van der Waals surface area contributed by atoms with E-state index in [1.807, 2.05) is 13.8 Å². The van der Waals surface area contributed by atoms with Gasteiger partial charge in [0, 0.05) is 6.42 Å². The molecule has 0 aliphatic heterocycles. The number of aliphatic carboxylic acids is 1. The van der Waals surface area contributed by atoms with Crippen LogP contribution < -0.4 is 5.73 Å². The largest absolute Gasteiger partial charge is 0.481 e. The van der Waals surface area contributed by atoms with Gasteiger partial charge in [0.1, 0.15) is 6.04 Å². The molecule has 0 saturated heterocycles. The van der Waals surface area contributed by atoms with Crippen molar-refractivity contribution in [2.24, 2.45) is 5.73 Å². The Hall–Kier alpha value is -1.18. The summed E-state index contributed by atoms with van der Waals surface area (Å²) in [7, 11) is 0. The van der Waals surface area contributed by atoms with Gasteiger partial charge in [0.15, 0.2) is 0 Å². The molecule has 1 unspecified atom stereocenters. The van der Waals surface area contributed by atoms with Gasteiger partial charge in [-0.1, -0.05) is 0 Å². The molecule has 0 rings (SSSR count). The summed E-state index contributed by atoms with van der Waals surface area (Å²) in [6.07, 6.45) is 0.494. The quantitative estimate of drug-likeness (QED) is 0.508. The second-order valence-electron chi connectivity index (χ2n) is 6.29. The van der Waals surface area contributed by atoms with Gasteiger partial charge in [0.05, 0.1) is 30.8 Å². The summed E-state index contributed by atoms with van der Waals surface area (Å²) in [6, 6.07) is -1.15. The average molecular weight is 305 g/mol. The minimum Gasteiger partial charge on any atom is -0.481 e. The van der Waals surface area contributed by atoms with Crippen molar-refractivity contribution >= 4 is 11.9 Å². The van der Waals surface area contributed by atoms with Crippen molar-refractivity contribution in [2.45, 2.75) is 64.2 Å². The van der Waals surface area contributed by atoms with Crippen LogP contribution in [0.5, 0.6) is 0 Å². The number of esters is 1. The number of hydrogen-bond acceptors (Lipinski definition) is 6. The molecule has 0 radical (unpaired) electrons. The van der Waals surface area contributed by atoms with Crippen molar-refractivity contribution in [1.82, 2.24) is 0 Å². The summed E-state index contributed by atoms with van der Waals surface area (Å²) >= 11 is 0. The molecule has 0 saturated carbocycles. The number of hydrogen-bond donors (Lipinski definition) is 3. The van der Waals surface area contributed by atoms with Crippen LogP contribution in [0.1, 0.15) is 47.0 Å². The fourth-order valence-electron chi connectivity index (χ4n) is 1.43. The van der Waals surface area contributed by atoms with Crippen LogP contribution in [-0.4, -0.2) is 52.6 Å². The van der Waals surface area contributed by atoms with E-state index in [0.717, 1.165) is 0 Å². The highest BCUT2D eigenvalue weighted by atomic mass is 16.5. The number of carbonyl (C=O) groups excluding carboxylic acids is 1. The van der Waals surface area contributed by atoms with E-state index in [0.29, 0.717) is 19.4 Å². The summed E-state index contributed by atoms with van der Waals surface area (Å²) in [5.41, 5.74) is 4.08. The van der Waals surface area contributed by atoms with Crippen LogP contribution in [-0.2, 0) is 19.1 Å². The molecule has 0 aromatic rings. The smallest absolute Gasteiger partial charge is 0.323 e. The van der Waals surface area contributed by atoms with Crippen LogP contribution >= 0.6 is 0 Å². The first-order chi connectivity index (χ1) is 9.43. The van der Waals surface area contributed by atoms with Crippen molar-refractivity contribution in [3.05, 3.63) is 0 Å². The number of carboxylic acids is 1. The number of aliphatic hydroxyl groups is 1. The SMILES string of the molecule is CC(C)(O)CCOC(C)(C)CCOC(=O)C(N)CC(=O)O. The predicted octanol–water partition coefficient (Wildman–Crippen LogP) is 0.678. The third-order valence-electron chi connectivity index (χ3n) is 2.85. The van der Waals surface area contributed by atoms with Gasteiger partial charge in [-0.2, -0.15) is 0 Å². The molecule has 124 valence electrons. The lowest BCUT2D eigenvalue weighted by Crippen LogP contribution is -2.36. The predicted molar refractivity (Wildman–Crippen MR) is 76.8 cm³/mol. The zero-order chi connectivity index (χ0) is 16.7. The average Bonchev–Trinajstić information content (AvgIpc) is 2.25. The summed E-state index contributed by atoms with van der Waals surface area (Å²) in [4.78, 5) is 21.8. The molecule has 0 fully saturated rings. The normalized spacial score (nSPS) is 13.8. The van der Waals surface area contributed by atoms with E-state index >= 15 is 0 Å². The highest BCUT2D eigenvalue weighted by Crippen LogP contribution is 2.17. The van der Waals surface area contributed by atoms with Crippen LogP contribution in [0, 0.1) is 0 Å². The Morgan fingerprint density at radius 3 is 2.19 bits per heavy atom. The zero-order valence-corrected chi connectivity index (χ0v) is 13.2. The van der Waals surface area contributed by atoms with Crippen molar-refractivity contribution in [2.75, 3.05) is 13.2 Å². The van der Waals surface area contributed by atoms with Gasteiger partial charge in [0.25, 0.3) is 0 Å². The Morgan fingerprint density at radius 1 is 1.14 bits per heavy atom. The summed E-state index contributed by atoms with van der Waals surface area (Å²) < 4.78 is 10.6. The van der Waals surface area contributed by atoms with Crippen molar-refractivity contribution in [3.8, 4) is 0 Å². The second-order valence-corrected chi connectivity index (χ2v) is 6.29. The topological polar surface area (TPSA) is 119 Å². The summed E-state index contributed by atoms with van der Waals surface area (Å²) in [6.45, 7) is 7.60. The Balaban J connectivity index is 3.98. The molecule has 1 atom stereocenters. The number of carboxylic acid groups (broad SMARTS) is 1. The first kappa shape index (κ1) is 19.8. The van der Waals surface area contributed by atoms with Gasteiger partial charge >= 0.3 is 11.9 Å². The van der Waals surface area contributed by atoms with Crippen LogP contribution in [0.25, 0.3) is 0 Å². The van der Waals surface area contributed by atoms with E-state index in [2.05, 4.69) is 0 Å². The van der Waals surface area contributed by atoms with Crippen molar-refractivity contribution in [1.29, 1.82) is 0 Å². The lowest BCUT2D eigenvalue weighted by molar-refractivity contribution is -0.151. The monoisotopic (exact) mass is 305 g/mol. The maximum Gasteiger partial charge on any atom is 0.323 e. The standard InChI is InChI=1S/C14H27NO6/c1-13(2,19)5-8-21-14(3,4)6-7-20-12(18)10(15)9-11(16)17/h10,19H,5-9,15H2,1-4H3,(H,16,17). The van der Waals surface area contributed by atoms with Crippen LogP contribution in [0.3, 0.4) is 0 Å². The maximum atomic E-state index is 11.4. The van der Waals surface area contributed by atoms with Gasteiger partial charge < -0.3 is 25.4 Å². The van der Waals surface area contributed by atoms with Crippen LogP contribution in [0.2, 0.25) is 0 Å². The van der Waals surface area contributed by atoms with E-state index < -0.39 is 35.6 Å². The van der Waals surface area contributed by atoms with Crippen molar-refractivity contribution < 1.29 is 29.3 Å². The number of rotatable bonds is 10. The molecular weight excluding hydrogens is 278 g/mol. The van der Waals surface area contributed by atoms with Crippen LogP contribution in [0.15, 0.2) is 0 Å². The molecule has 0 amide bonds. The molecule has 0 bridgehead atoms. The van der Waals surface area contributed by atoms with Crippen molar-refractivity contribution in [3.63, 3.8) is 0 Å². The zero-order valence-electron chi connectivity index (χ0n) is 13.2. The first-order valence-electron chi connectivity index (χ1n) is 6.93. The third-order valence-corrected chi connectivity index (χ3v) is 2.85. The van der Waals surface area contributed by atoms with Gasteiger partial charge in [0.2, 0.25) is 0 Å². The Labute approximate surface area is 125 Å². The number of ether oxygens (including phenoxy) is 2. The molecule has 4 N–H and O–H groups in total. The maximum absolute atomic E-state index is 11.4. The molecule has 7 heteroatoms. The fourth-order valence-corrected chi connectivity index (χ4v) is 1.43. The number of nitrogens with two attached hydrogens (primary N) is 1. The van der Waals surface area contributed by atoms with Crippen LogP contribution in [0.4, 0.5) is 0 Å². The highest BCUT2D eigenvalue weighted by molar-refractivity contribution is 5.81. The van der Waals surface area contributed by atoms with Gasteiger partial charge in [-0.15, -0.1) is 0 Å². The molecule has 0 heterocycles. The summed E-state index contributed by atoms with van der Waals surface area (Å²) in [5, 5.41) is 18.1. The van der Waals surface area contributed by atoms with Gasteiger partial charge in [-0.05, 0) is 34.1 Å². The first-order valence-corrected chi connectivity index (χ1v) is 6.93. The highest BCUT2D eigenvalue weighted by Gasteiger charge is 2.23. The third kappa shape index (κ3) is 11.2. The molecule has 0 aromatic carbocycles. The fraction of sp³-hybridized carbons (Fsp3) is 0.857. The second kappa shape index (κ2) is 8.31. The molecule has 0 aliphatic carbocycles.